The van der Waals surface area contributed by atoms with Gasteiger partial charge in [-0.25, -0.2) is 13.1 Å². The molecule has 0 radical (unpaired) electrons. The van der Waals surface area contributed by atoms with E-state index in [9.17, 15) is 13.2 Å². The number of benzene rings is 1. The first-order valence-corrected chi connectivity index (χ1v) is 11.1. The molecule has 2 rings (SSSR count). The van der Waals surface area contributed by atoms with Crippen LogP contribution in [0.4, 0.5) is 0 Å². The molecule has 25 heavy (non-hydrogen) atoms. The van der Waals surface area contributed by atoms with E-state index in [1.807, 2.05) is 0 Å². The summed E-state index contributed by atoms with van der Waals surface area (Å²) in [7, 11) is -3.96. The van der Waals surface area contributed by atoms with E-state index in [0.717, 1.165) is 31.8 Å². The van der Waals surface area contributed by atoms with E-state index in [-0.39, 0.29) is 21.5 Å². The number of amides is 1. The monoisotopic (exact) mass is 426 g/mol. The maximum atomic E-state index is 12.2. The van der Waals surface area contributed by atoms with Gasteiger partial charge in [0.05, 0.1) is 16.6 Å². The minimum absolute atomic E-state index is 0.00766. The molecule has 1 aromatic carbocycles. The summed E-state index contributed by atoms with van der Waals surface area (Å²) in [6, 6.07) is 4.40. The van der Waals surface area contributed by atoms with Crippen molar-refractivity contribution in [2.45, 2.75) is 23.0 Å². The number of thioether (sulfide) groups is 1. The molecule has 1 amide bonds. The van der Waals surface area contributed by atoms with E-state index >= 15 is 0 Å². The normalized spacial score (nSPS) is 15.9. The van der Waals surface area contributed by atoms with Gasteiger partial charge in [-0.15, -0.1) is 0 Å². The van der Waals surface area contributed by atoms with Crippen LogP contribution in [0.5, 0.6) is 0 Å². The van der Waals surface area contributed by atoms with E-state index in [2.05, 4.69) is 10.0 Å². The number of carbonyl (C=O) groups excluding carboxylic acids is 1. The molecule has 0 bridgehead atoms. The van der Waals surface area contributed by atoms with Gasteiger partial charge in [-0.1, -0.05) is 29.3 Å². The second kappa shape index (κ2) is 9.99. The van der Waals surface area contributed by atoms with Crippen LogP contribution in [0.2, 0.25) is 10.0 Å². The highest BCUT2D eigenvalue weighted by molar-refractivity contribution is 7.99. The Bertz CT molecular complexity index is 675. The van der Waals surface area contributed by atoms with E-state index < -0.39 is 15.9 Å². The molecule has 0 aromatic heterocycles. The van der Waals surface area contributed by atoms with E-state index in [0.29, 0.717) is 11.8 Å². The number of carbonyl (C=O) groups is 1. The Balaban J connectivity index is 1.73. The van der Waals surface area contributed by atoms with Crippen molar-refractivity contribution < 1.29 is 17.9 Å². The van der Waals surface area contributed by atoms with Gasteiger partial charge in [0.25, 0.3) is 0 Å². The molecule has 2 N–H and O–H groups in total. The molecular weight excluding hydrogens is 407 g/mol. The highest BCUT2D eigenvalue weighted by atomic mass is 35.5. The number of hydrogen-bond donors (Lipinski definition) is 2. The van der Waals surface area contributed by atoms with Crippen molar-refractivity contribution in [1.82, 2.24) is 10.0 Å². The Morgan fingerprint density at radius 2 is 1.88 bits per heavy atom. The lowest BCUT2D eigenvalue weighted by Crippen LogP contribution is -2.38. The van der Waals surface area contributed by atoms with Crippen molar-refractivity contribution in [1.29, 1.82) is 0 Å². The highest BCUT2D eigenvalue weighted by Gasteiger charge is 2.22. The molecule has 0 aliphatic carbocycles. The van der Waals surface area contributed by atoms with Crippen molar-refractivity contribution in [3.05, 3.63) is 28.2 Å². The number of sulfonamides is 1. The van der Waals surface area contributed by atoms with Crippen LogP contribution in [0.25, 0.3) is 0 Å². The van der Waals surface area contributed by atoms with E-state index in [4.69, 9.17) is 27.9 Å². The first kappa shape index (κ1) is 20.8. The molecule has 6 nitrogen and oxygen atoms in total. The Kier molecular flexibility index (Phi) is 8.31. The molecule has 1 aromatic rings. The van der Waals surface area contributed by atoms with Gasteiger partial charge in [-0.05, 0) is 25.0 Å². The van der Waals surface area contributed by atoms with Crippen LogP contribution in [-0.4, -0.2) is 51.6 Å². The molecule has 0 saturated carbocycles. The summed E-state index contributed by atoms with van der Waals surface area (Å²) in [6.07, 6.45) is 2.05. The topological polar surface area (TPSA) is 84.5 Å². The summed E-state index contributed by atoms with van der Waals surface area (Å²) < 4.78 is 32.0. The largest absolute Gasteiger partial charge is 0.381 e. The Morgan fingerprint density at radius 1 is 1.24 bits per heavy atom. The highest BCUT2D eigenvalue weighted by Crippen LogP contribution is 2.28. The van der Waals surface area contributed by atoms with E-state index in [1.54, 1.807) is 17.8 Å². The van der Waals surface area contributed by atoms with Crippen molar-refractivity contribution >= 4 is 50.9 Å². The predicted octanol–water partition coefficient (Wildman–Crippen LogP) is 2.30. The maximum absolute atomic E-state index is 12.2. The molecule has 1 aliphatic heterocycles. The molecule has 1 saturated heterocycles. The van der Waals surface area contributed by atoms with Crippen LogP contribution in [0.15, 0.2) is 23.1 Å². The molecule has 140 valence electrons. The standard InChI is InChI=1S/C15H20Cl2N2O4S2/c16-12-2-1-3-13(17)15(12)25(21,22)19-10-14(20)18-6-9-24-11-4-7-23-8-5-11/h1-3,11,19H,4-10H2,(H,18,20). The fourth-order valence-electron chi connectivity index (χ4n) is 2.29. The molecule has 10 heteroatoms. The average Bonchev–Trinajstić information content (AvgIpc) is 2.57. The lowest BCUT2D eigenvalue weighted by molar-refractivity contribution is -0.119. The van der Waals surface area contributed by atoms with Gasteiger partial charge in [0, 0.05) is 30.8 Å². The zero-order valence-electron chi connectivity index (χ0n) is 13.5. The minimum Gasteiger partial charge on any atom is -0.381 e. The number of halogens is 2. The maximum Gasteiger partial charge on any atom is 0.244 e. The van der Waals surface area contributed by atoms with Crippen molar-refractivity contribution in [3.63, 3.8) is 0 Å². The molecule has 0 atom stereocenters. The summed E-state index contributed by atoms with van der Waals surface area (Å²) >= 11 is 13.6. The number of hydrogen-bond acceptors (Lipinski definition) is 5. The fraction of sp³-hybridized carbons (Fsp3) is 0.533. The summed E-state index contributed by atoms with van der Waals surface area (Å²) in [4.78, 5) is 11.6. The Morgan fingerprint density at radius 3 is 2.52 bits per heavy atom. The SMILES string of the molecule is O=C(CNS(=O)(=O)c1c(Cl)cccc1Cl)NCCSC1CCOCC1. The second-order valence-corrected chi connectivity index (χ2v) is 9.33. The van der Waals surface area contributed by atoms with Crippen LogP contribution in [0, 0.1) is 0 Å². The predicted molar refractivity (Wildman–Crippen MR) is 101 cm³/mol. The molecule has 1 fully saturated rings. The first-order chi connectivity index (χ1) is 11.9. The molecular formula is C15H20Cl2N2O4S2. The summed E-state index contributed by atoms with van der Waals surface area (Å²) in [5.41, 5.74) is 0. The third kappa shape index (κ3) is 6.62. The van der Waals surface area contributed by atoms with Gasteiger partial charge < -0.3 is 10.1 Å². The van der Waals surface area contributed by atoms with Gasteiger partial charge in [-0.2, -0.15) is 11.8 Å². The zero-order valence-corrected chi connectivity index (χ0v) is 16.6. The van der Waals surface area contributed by atoms with E-state index in [1.165, 1.54) is 12.1 Å². The lowest BCUT2D eigenvalue weighted by atomic mass is 10.2. The quantitative estimate of drug-likeness (QED) is 0.622. The van der Waals surface area contributed by atoms with Gasteiger partial charge in [0.15, 0.2) is 0 Å². The Labute approximate surface area is 162 Å². The van der Waals surface area contributed by atoms with Gasteiger partial charge in [0.1, 0.15) is 4.90 Å². The summed E-state index contributed by atoms with van der Waals surface area (Å²) in [5, 5.41) is 3.27. The van der Waals surface area contributed by atoms with Crippen LogP contribution in [0.1, 0.15) is 12.8 Å². The van der Waals surface area contributed by atoms with Crippen LogP contribution >= 0.6 is 35.0 Å². The molecule has 0 spiro atoms. The average molecular weight is 427 g/mol. The van der Waals surface area contributed by atoms with Gasteiger partial charge >= 0.3 is 0 Å². The number of nitrogens with one attached hydrogen (secondary N) is 2. The summed E-state index contributed by atoms with van der Waals surface area (Å²) in [5.74, 6) is 0.374. The van der Waals surface area contributed by atoms with Crippen LogP contribution in [-0.2, 0) is 19.6 Å². The summed E-state index contributed by atoms with van der Waals surface area (Å²) in [6.45, 7) is 1.69. The van der Waals surface area contributed by atoms with Gasteiger partial charge in [-0.3, -0.25) is 4.79 Å². The molecule has 1 heterocycles. The van der Waals surface area contributed by atoms with Crippen molar-refractivity contribution in [2.75, 3.05) is 32.1 Å². The first-order valence-electron chi connectivity index (χ1n) is 7.80. The van der Waals surface area contributed by atoms with Gasteiger partial charge in [0.2, 0.25) is 15.9 Å². The lowest BCUT2D eigenvalue weighted by Gasteiger charge is -2.21. The van der Waals surface area contributed by atoms with Crippen molar-refractivity contribution in [3.8, 4) is 0 Å². The number of ether oxygens (including phenoxy) is 1. The zero-order chi connectivity index (χ0) is 18.3. The molecule has 1 aliphatic rings. The van der Waals surface area contributed by atoms with Crippen LogP contribution < -0.4 is 10.0 Å². The third-order valence-corrected chi connectivity index (χ3v) is 7.29. The molecule has 0 unspecified atom stereocenters. The fourth-order valence-corrected chi connectivity index (χ4v) is 5.49. The van der Waals surface area contributed by atoms with Crippen molar-refractivity contribution in [2.24, 2.45) is 0 Å². The minimum atomic E-state index is -3.96. The second-order valence-electron chi connectivity index (χ2n) is 5.41. The Hall–Kier alpha value is -0.510. The third-order valence-electron chi connectivity index (χ3n) is 3.56. The number of rotatable bonds is 8. The van der Waals surface area contributed by atoms with Crippen LogP contribution in [0.3, 0.4) is 0 Å². The smallest absolute Gasteiger partial charge is 0.244 e.